The smallest absolute Gasteiger partial charge is 0.317 e. The van der Waals surface area contributed by atoms with Crippen LogP contribution in [0.25, 0.3) is 0 Å². The van der Waals surface area contributed by atoms with Crippen molar-refractivity contribution in [2.45, 2.75) is 18.4 Å². The normalized spacial score (nSPS) is 31.6. The Balaban J connectivity index is 1.41. The van der Waals surface area contributed by atoms with Crippen LogP contribution < -0.4 is 5.32 Å². The van der Waals surface area contributed by atoms with Crippen LogP contribution in [0.5, 0.6) is 0 Å². The lowest BCUT2D eigenvalue weighted by Crippen LogP contribution is -2.45. The fourth-order valence-electron chi connectivity index (χ4n) is 3.55. The van der Waals surface area contributed by atoms with Crippen LogP contribution in [0.2, 0.25) is 0 Å². The van der Waals surface area contributed by atoms with Gasteiger partial charge in [0.05, 0.1) is 0 Å². The summed E-state index contributed by atoms with van der Waals surface area (Å²) in [7, 11) is 0. The summed E-state index contributed by atoms with van der Waals surface area (Å²) in [4.78, 5) is 14.2. The lowest BCUT2D eigenvalue weighted by molar-refractivity contribution is 0.202. The van der Waals surface area contributed by atoms with Gasteiger partial charge in [-0.3, -0.25) is 0 Å². The highest BCUT2D eigenvalue weighted by atomic mass is 32.2. The molecule has 2 amide bonds. The molecule has 0 spiro atoms. The Morgan fingerprint density at radius 1 is 1.26 bits per heavy atom. The molecule has 4 rings (SSSR count). The fraction of sp³-hybridized carbons (Fsp3) is 0.533. The van der Waals surface area contributed by atoms with E-state index in [2.05, 4.69) is 29.6 Å². The predicted octanol–water partition coefficient (Wildman–Crippen LogP) is 2.08. The molecule has 1 aromatic rings. The summed E-state index contributed by atoms with van der Waals surface area (Å²) in [5.41, 5.74) is 2.95. The number of thioether (sulfide) groups is 1. The largest absolute Gasteiger partial charge is 0.334 e. The Morgan fingerprint density at radius 2 is 2.05 bits per heavy atom. The first-order chi connectivity index (χ1) is 9.34. The molecular formula is C15H18N2OS. The maximum absolute atomic E-state index is 12.2. The van der Waals surface area contributed by atoms with Gasteiger partial charge in [-0.15, -0.1) is 0 Å². The molecule has 1 saturated carbocycles. The number of carbonyl (C=O) groups excluding carboxylic acids is 1. The Hall–Kier alpha value is -1.16. The Morgan fingerprint density at radius 3 is 2.89 bits per heavy atom. The zero-order valence-corrected chi connectivity index (χ0v) is 11.7. The van der Waals surface area contributed by atoms with Crippen molar-refractivity contribution in [2.24, 2.45) is 5.92 Å². The minimum Gasteiger partial charge on any atom is -0.334 e. The minimum absolute atomic E-state index is 0.150. The van der Waals surface area contributed by atoms with Crippen molar-refractivity contribution in [1.82, 2.24) is 10.2 Å². The highest BCUT2D eigenvalue weighted by Gasteiger charge is 2.56. The molecule has 2 aliphatic carbocycles. The molecule has 0 radical (unpaired) electrons. The Kier molecular flexibility index (Phi) is 2.72. The van der Waals surface area contributed by atoms with Crippen LogP contribution in [0, 0.1) is 5.92 Å². The van der Waals surface area contributed by atoms with Gasteiger partial charge in [-0.1, -0.05) is 24.3 Å². The van der Waals surface area contributed by atoms with E-state index in [9.17, 15) is 4.79 Å². The lowest BCUT2D eigenvalue weighted by Gasteiger charge is -2.27. The summed E-state index contributed by atoms with van der Waals surface area (Å²) in [6.07, 6.45) is 1.14. The van der Waals surface area contributed by atoms with Crippen molar-refractivity contribution < 1.29 is 4.79 Å². The Bertz CT molecular complexity index is 513. The topological polar surface area (TPSA) is 32.3 Å². The van der Waals surface area contributed by atoms with Crippen molar-refractivity contribution >= 4 is 17.8 Å². The van der Waals surface area contributed by atoms with Crippen LogP contribution in [-0.2, 0) is 6.42 Å². The van der Waals surface area contributed by atoms with Gasteiger partial charge in [0, 0.05) is 36.6 Å². The molecule has 4 heteroatoms. The molecule has 3 nitrogen and oxygen atoms in total. The molecule has 2 fully saturated rings. The van der Waals surface area contributed by atoms with Gasteiger partial charge in [-0.05, 0) is 23.5 Å². The minimum atomic E-state index is 0.150. The van der Waals surface area contributed by atoms with Gasteiger partial charge < -0.3 is 10.2 Å². The summed E-state index contributed by atoms with van der Waals surface area (Å²) < 4.78 is 0. The molecule has 1 heterocycles. The van der Waals surface area contributed by atoms with Gasteiger partial charge in [-0.2, -0.15) is 11.8 Å². The molecule has 19 heavy (non-hydrogen) atoms. The van der Waals surface area contributed by atoms with Gasteiger partial charge in [-0.25, -0.2) is 4.79 Å². The fourth-order valence-corrected chi connectivity index (χ4v) is 4.45. The summed E-state index contributed by atoms with van der Waals surface area (Å²) >= 11 is 1.94. The van der Waals surface area contributed by atoms with E-state index in [1.807, 2.05) is 16.7 Å². The third-order valence-corrected chi connectivity index (χ3v) is 5.57. The third kappa shape index (κ3) is 1.93. The molecule has 1 aliphatic heterocycles. The molecule has 3 unspecified atom stereocenters. The van der Waals surface area contributed by atoms with E-state index in [0.717, 1.165) is 31.0 Å². The number of urea groups is 1. The zero-order valence-electron chi connectivity index (χ0n) is 10.8. The van der Waals surface area contributed by atoms with Crippen molar-refractivity contribution in [1.29, 1.82) is 0 Å². The maximum atomic E-state index is 12.2. The number of nitrogens with zero attached hydrogens (tertiary/aromatic N) is 1. The molecule has 0 bridgehead atoms. The molecule has 3 atom stereocenters. The van der Waals surface area contributed by atoms with E-state index >= 15 is 0 Å². The number of carbonyl (C=O) groups is 1. The number of hydrogen-bond donors (Lipinski definition) is 1. The molecule has 1 saturated heterocycles. The standard InChI is InChI=1S/C15H18N2OS/c18-15(17-5-7-19-8-6-17)16-14-12-9-10-3-1-2-4-11(10)13(12)14/h1-4,12-14H,5-9H2,(H,16,18). The van der Waals surface area contributed by atoms with Gasteiger partial charge in [0.25, 0.3) is 0 Å². The van der Waals surface area contributed by atoms with Gasteiger partial charge in [0.1, 0.15) is 0 Å². The van der Waals surface area contributed by atoms with Crippen molar-refractivity contribution in [3.8, 4) is 0 Å². The first-order valence-corrected chi connectivity index (χ1v) is 8.21. The summed E-state index contributed by atoms with van der Waals surface area (Å²) in [5.74, 6) is 3.39. The monoisotopic (exact) mass is 274 g/mol. The number of amides is 2. The van der Waals surface area contributed by atoms with E-state index in [0.29, 0.717) is 17.9 Å². The lowest BCUT2D eigenvalue weighted by atomic mass is 10.1. The second kappa shape index (κ2) is 4.44. The average Bonchev–Trinajstić information content (AvgIpc) is 2.97. The van der Waals surface area contributed by atoms with Crippen LogP contribution >= 0.6 is 11.8 Å². The maximum Gasteiger partial charge on any atom is 0.317 e. The van der Waals surface area contributed by atoms with E-state index in [-0.39, 0.29) is 6.03 Å². The summed E-state index contributed by atoms with van der Waals surface area (Å²) in [6, 6.07) is 9.21. The summed E-state index contributed by atoms with van der Waals surface area (Å²) in [6.45, 7) is 1.80. The van der Waals surface area contributed by atoms with Crippen molar-refractivity contribution in [2.75, 3.05) is 24.6 Å². The highest BCUT2D eigenvalue weighted by Crippen LogP contribution is 2.56. The van der Waals surface area contributed by atoms with Gasteiger partial charge in [0.2, 0.25) is 0 Å². The highest BCUT2D eigenvalue weighted by molar-refractivity contribution is 7.99. The van der Waals surface area contributed by atoms with Gasteiger partial charge >= 0.3 is 6.03 Å². The number of fused-ring (bicyclic) bond motifs is 3. The van der Waals surface area contributed by atoms with Crippen LogP contribution in [0.1, 0.15) is 17.0 Å². The van der Waals surface area contributed by atoms with Gasteiger partial charge in [0.15, 0.2) is 0 Å². The molecule has 1 aromatic carbocycles. The molecule has 0 aromatic heterocycles. The van der Waals surface area contributed by atoms with E-state index in [1.54, 1.807) is 0 Å². The molecular weight excluding hydrogens is 256 g/mol. The SMILES string of the molecule is O=C(NC1C2Cc3ccccc3C21)N1CCSCC1. The van der Waals surface area contributed by atoms with E-state index in [4.69, 9.17) is 0 Å². The van der Waals surface area contributed by atoms with Crippen LogP contribution in [0.3, 0.4) is 0 Å². The van der Waals surface area contributed by atoms with E-state index < -0.39 is 0 Å². The third-order valence-electron chi connectivity index (χ3n) is 4.63. The van der Waals surface area contributed by atoms with Crippen LogP contribution in [0.4, 0.5) is 4.79 Å². The molecule has 3 aliphatic rings. The Labute approximate surface area is 117 Å². The van der Waals surface area contributed by atoms with Crippen LogP contribution in [0.15, 0.2) is 24.3 Å². The van der Waals surface area contributed by atoms with Crippen molar-refractivity contribution in [3.63, 3.8) is 0 Å². The number of nitrogens with one attached hydrogen (secondary N) is 1. The molecule has 100 valence electrons. The first kappa shape index (κ1) is 11.6. The predicted molar refractivity (Wildman–Crippen MR) is 77.6 cm³/mol. The quantitative estimate of drug-likeness (QED) is 0.850. The zero-order chi connectivity index (χ0) is 12.8. The number of benzene rings is 1. The van der Waals surface area contributed by atoms with Crippen molar-refractivity contribution in [3.05, 3.63) is 35.4 Å². The summed E-state index contributed by atoms with van der Waals surface area (Å²) in [5, 5.41) is 3.24. The molecule has 1 N–H and O–H groups in total. The number of hydrogen-bond acceptors (Lipinski definition) is 2. The second-order valence-corrected chi connectivity index (χ2v) is 6.89. The average molecular weight is 274 g/mol. The first-order valence-electron chi connectivity index (χ1n) is 7.05. The second-order valence-electron chi connectivity index (χ2n) is 5.67. The van der Waals surface area contributed by atoms with E-state index in [1.165, 1.54) is 11.1 Å². The number of rotatable bonds is 1. The van der Waals surface area contributed by atoms with Crippen LogP contribution in [-0.4, -0.2) is 41.6 Å².